The number of hydrogen-bond acceptors (Lipinski definition) is 0. The summed E-state index contributed by atoms with van der Waals surface area (Å²) in [5, 5.41) is 0.802. The highest BCUT2D eigenvalue weighted by molar-refractivity contribution is 6.66. The van der Waals surface area contributed by atoms with Crippen LogP contribution in [0.15, 0.2) is 20.1 Å². The van der Waals surface area contributed by atoms with E-state index in [0.717, 1.165) is 6.42 Å². The molecule has 0 aromatic rings. The Hall–Kier alpha value is 2.96. The highest BCUT2D eigenvalue weighted by Gasteiger charge is 2.84. The minimum absolute atomic E-state index is 0.0161. The molecule has 3 fully saturated rings. The lowest BCUT2D eigenvalue weighted by Gasteiger charge is -2.47. The average Bonchev–Trinajstić information content (AvgIpc) is 3.03. The SMILES string of the molecule is ClC1=C(Cl)C2(Cl)C(C3CCC4C(C3)C3(Cl)C(Cl)=C(Cl)C4(Cl)C3(Cl)Cl)CC1(Cl)C2(Cl)Cl. The van der Waals surface area contributed by atoms with Crippen molar-refractivity contribution in [3.05, 3.63) is 20.1 Å². The van der Waals surface area contributed by atoms with Gasteiger partial charge >= 0.3 is 0 Å². The van der Waals surface area contributed by atoms with E-state index in [1.807, 2.05) is 0 Å². The summed E-state index contributed by atoms with van der Waals surface area (Å²) in [6.07, 6.45) is 2.37. The third-order valence-electron chi connectivity index (χ3n) is 8.05. The Morgan fingerprint density at radius 1 is 0.533 bits per heavy atom. The molecule has 168 valence electrons. The molecule has 4 bridgehead atoms. The van der Waals surface area contributed by atoms with Crippen LogP contribution in [0, 0.1) is 23.7 Å². The van der Waals surface area contributed by atoms with E-state index in [-0.39, 0.29) is 43.8 Å². The molecule has 0 aliphatic heterocycles. The van der Waals surface area contributed by atoms with Crippen molar-refractivity contribution in [2.45, 2.75) is 53.8 Å². The number of allylic oxidation sites excluding steroid dienone is 4. The third-order valence-corrected chi connectivity index (χ3v) is 16.7. The largest absolute Gasteiger partial charge is 0.166 e. The second-order valence-corrected chi connectivity index (χ2v) is 15.5. The van der Waals surface area contributed by atoms with Crippen molar-refractivity contribution in [3.63, 3.8) is 0 Å². The summed E-state index contributed by atoms with van der Waals surface area (Å²) < 4.78 is -3.13. The molecule has 0 spiro atoms. The fourth-order valence-electron chi connectivity index (χ4n) is 6.58. The fourth-order valence-corrected chi connectivity index (χ4v) is 12.6. The molecule has 5 aliphatic carbocycles. The number of fused-ring (bicyclic) bond motifs is 7. The Balaban J connectivity index is 1.55. The first-order chi connectivity index (χ1) is 13.6. The molecule has 5 rings (SSSR count). The predicted octanol–water partition coefficient (Wildman–Crippen LogP) is 9.72. The van der Waals surface area contributed by atoms with Gasteiger partial charge in [0.15, 0.2) is 8.67 Å². The molecule has 0 amide bonds. The summed E-state index contributed by atoms with van der Waals surface area (Å²) >= 11 is 80.6. The van der Waals surface area contributed by atoms with Gasteiger partial charge in [-0.05, 0) is 49.4 Å². The molecule has 3 saturated carbocycles. The van der Waals surface area contributed by atoms with Gasteiger partial charge in [-0.2, -0.15) is 0 Å². The van der Waals surface area contributed by atoms with Crippen molar-refractivity contribution in [1.82, 2.24) is 0 Å². The monoisotopic (exact) mass is 648 g/mol. The number of rotatable bonds is 1. The first kappa shape index (κ1) is 24.6. The van der Waals surface area contributed by atoms with Gasteiger partial charge in [0.1, 0.15) is 19.5 Å². The molecule has 0 aromatic carbocycles. The first-order valence-corrected chi connectivity index (χ1v) is 13.7. The van der Waals surface area contributed by atoms with Crippen LogP contribution in [-0.4, -0.2) is 28.2 Å². The zero-order valence-electron chi connectivity index (χ0n) is 14.7. The minimum atomic E-state index is -1.57. The van der Waals surface area contributed by atoms with Crippen LogP contribution in [0.4, 0.5) is 0 Å². The van der Waals surface area contributed by atoms with Crippen LogP contribution in [0.25, 0.3) is 0 Å². The van der Waals surface area contributed by atoms with E-state index < -0.39 is 28.2 Å². The topological polar surface area (TPSA) is 0 Å². The van der Waals surface area contributed by atoms with Gasteiger partial charge in [0, 0.05) is 0 Å². The maximum atomic E-state index is 7.03. The predicted molar refractivity (Wildman–Crippen MR) is 133 cm³/mol. The molecule has 5 aliphatic rings. The Kier molecular flexibility index (Phi) is 5.61. The number of hydrogen-bond donors (Lipinski definition) is 0. The van der Waals surface area contributed by atoms with E-state index in [0.29, 0.717) is 19.3 Å². The summed E-state index contributed by atoms with van der Waals surface area (Å²) in [6.45, 7) is 0. The van der Waals surface area contributed by atoms with Gasteiger partial charge in [-0.1, -0.05) is 92.8 Å². The number of halogens is 12. The van der Waals surface area contributed by atoms with Crippen molar-refractivity contribution in [1.29, 1.82) is 0 Å². The minimum Gasteiger partial charge on any atom is -0.110 e. The summed E-state index contributed by atoms with van der Waals surface area (Å²) in [7, 11) is 0. The van der Waals surface area contributed by atoms with Crippen molar-refractivity contribution < 1.29 is 0 Å². The van der Waals surface area contributed by atoms with E-state index in [2.05, 4.69) is 0 Å². The van der Waals surface area contributed by atoms with Gasteiger partial charge in [-0.25, -0.2) is 0 Å². The highest BCUT2D eigenvalue weighted by atomic mass is 35.5. The van der Waals surface area contributed by atoms with E-state index in [4.69, 9.17) is 139 Å². The summed E-state index contributed by atoms with van der Waals surface area (Å²) in [5.74, 6) is -0.614. The van der Waals surface area contributed by atoms with E-state index in [1.54, 1.807) is 0 Å². The van der Waals surface area contributed by atoms with Gasteiger partial charge in [-0.15, -0.1) is 46.4 Å². The molecule has 0 radical (unpaired) electrons. The van der Waals surface area contributed by atoms with E-state index in [1.165, 1.54) is 0 Å². The summed E-state index contributed by atoms with van der Waals surface area (Å²) in [6, 6.07) is 0. The molecule has 30 heavy (non-hydrogen) atoms. The molecule has 8 atom stereocenters. The van der Waals surface area contributed by atoms with E-state index in [9.17, 15) is 0 Å². The molecule has 12 heteroatoms. The lowest BCUT2D eigenvalue weighted by molar-refractivity contribution is 0.126. The molecule has 0 heterocycles. The van der Waals surface area contributed by atoms with E-state index >= 15 is 0 Å². The van der Waals surface area contributed by atoms with Crippen molar-refractivity contribution in [2.75, 3.05) is 0 Å². The van der Waals surface area contributed by atoms with Gasteiger partial charge in [0.05, 0.1) is 20.1 Å². The Labute approximate surface area is 234 Å². The molecular weight excluding hydrogens is 642 g/mol. The highest BCUT2D eigenvalue weighted by Crippen LogP contribution is 2.80. The summed E-state index contributed by atoms with van der Waals surface area (Å²) in [4.78, 5) is -5.15. The second-order valence-electron chi connectivity index (χ2n) is 8.94. The van der Waals surface area contributed by atoms with Crippen LogP contribution < -0.4 is 0 Å². The van der Waals surface area contributed by atoms with Crippen molar-refractivity contribution in [3.8, 4) is 0 Å². The molecule has 0 aromatic heterocycles. The van der Waals surface area contributed by atoms with Gasteiger partial charge in [-0.3, -0.25) is 0 Å². The van der Waals surface area contributed by atoms with Crippen LogP contribution in [-0.2, 0) is 0 Å². The molecule has 0 N–H and O–H groups in total. The van der Waals surface area contributed by atoms with Crippen LogP contribution in [0.3, 0.4) is 0 Å². The molecular formula is C18H12Cl12. The first-order valence-electron chi connectivity index (χ1n) is 9.20. The Morgan fingerprint density at radius 2 is 1.00 bits per heavy atom. The fraction of sp³-hybridized carbons (Fsp3) is 0.778. The molecule has 8 unspecified atom stereocenters. The second kappa shape index (κ2) is 6.83. The van der Waals surface area contributed by atoms with Crippen molar-refractivity contribution >= 4 is 139 Å². The van der Waals surface area contributed by atoms with Crippen molar-refractivity contribution in [2.24, 2.45) is 23.7 Å². The maximum Gasteiger partial charge on any atom is 0.166 e. The maximum absolute atomic E-state index is 7.03. The van der Waals surface area contributed by atoms with Crippen LogP contribution in [0.1, 0.15) is 25.7 Å². The van der Waals surface area contributed by atoms with Gasteiger partial charge in [0.2, 0.25) is 0 Å². The average molecular weight is 654 g/mol. The lowest BCUT2D eigenvalue weighted by Crippen LogP contribution is -2.48. The molecule has 0 saturated heterocycles. The number of alkyl halides is 8. The summed E-state index contributed by atoms with van der Waals surface area (Å²) in [5.41, 5.74) is 0. The molecule has 0 nitrogen and oxygen atoms in total. The quantitative estimate of drug-likeness (QED) is 0.247. The zero-order chi connectivity index (χ0) is 22.4. The van der Waals surface area contributed by atoms with Gasteiger partial charge < -0.3 is 0 Å². The van der Waals surface area contributed by atoms with Crippen LogP contribution >= 0.6 is 139 Å². The van der Waals surface area contributed by atoms with Crippen LogP contribution in [0.2, 0.25) is 0 Å². The normalized spacial score (nSPS) is 55.6. The standard InChI is InChI=1S/C18H12Cl12/c19-9-10(20)16(26)8(4-13(9,23)17(16,27)28)5-1-2-6-7(3-5)15(25)12(22)11(21)14(6,24)18(15,29)30/h5-8H,1-4H2. The smallest absolute Gasteiger partial charge is 0.110 e. The van der Waals surface area contributed by atoms with Gasteiger partial charge in [0.25, 0.3) is 0 Å². The van der Waals surface area contributed by atoms with Crippen LogP contribution in [0.5, 0.6) is 0 Å². The zero-order valence-corrected chi connectivity index (χ0v) is 23.7. The Bertz CT molecular complexity index is 922. The lowest BCUT2D eigenvalue weighted by atomic mass is 9.64. The Morgan fingerprint density at radius 3 is 1.50 bits per heavy atom. The third kappa shape index (κ3) is 2.26.